The van der Waals surface area contributed by atoms with Gasteiger partial charge in [0.2, 0.25) is 0 Å². The lowest BCUT2D eigenvalue weighted by atomic mass is 10.1. The molecular weight excluding hydrogens is 219 g/mol. The first kappa shape index (κ1) is 12.5. The maximum Gasteiger partial charge on any atom is 0.123 e. The van der Waals surface area contributed by atoms with Crippen LogP contribution in [0.25, 0.3) is 0 Å². The first-order chi connectivity index (χ1) is 8.22. The summed E-state index contributed by atoms with van der Waals surface area (Å²) in [6, 6.07) is 5.18. The predicted octanol–water partition coefficient (Wildman–Crippen LogP) is 1.24. The molecule has 0 aliphatic carbocycles. The van der Waals surface area contributed by atoms with Gasteiger partial charge in [-0.25, -0.2) is 4.39 Å². The van der Waals surface area contributed by atoms with Crippen molar-refractivity contribution >= 4 is 0 Å². The van der Waals surface area contributed by atoms with Gasteiger partial charge in [0.05, 0.1) is 6.61 Å². The number of hydrogen-bond donors (Lipinski definition) is 2. The fourth-order valence-electron chi connectivity index (χ4n) is 2.47. The second kappa shape index (κ2) is 5.58. The zero-order valence-corrected chi connectivity index (χ0v) is 9.90. The Kier molecular flexibility index (Phi) is 4.10. The number of benzene rings is 1. The van der Waals surface area contributed by atoms with Crippen LogP contribution in [0.4, 0.5) is 4.39 Å². The van der Waals surface area contributed by atoms with Crippen LogP contribution in [-0.2, 0) is 13.1 Å². The molecule has 0 radical (unpaired) electrons. The normalized spacial score (nSPS) is 21.0. The summed E-state index contributed by atoms with van der Waals surface area (Å²) >= 11 is 0. The van der Waals surface area contributed by atoms with Gasteiger partial charge < -0.3 is 10.8 Å². The van der Waals surface area contributed by atoms with E-state index in [0.29, 0.717) is 13.1 Å². The second-order valence-electron chi connectivity index (χ2n) is 4.62. The van der Waals surface area contributed by atoms with Crippen LogP contribution in [0.5, 0.6) is 0 Å². The van der Waals surface area contributed by atoms with Gasteiger partial charge in [0.25, 0.3) is 0 Å². The van der Waals surface area contributed by atoms with Gasteiger partial charge in [0.1, 0.15) is 5.82 Å². The van der Waals surface area contributed by atoms with E-state index in [2.05, 4.69) is 4.90 Å². The first-order valence-corrected chi connectivity index (χ1v) is 6.06. The highest BCUT2D eigenvalue weighted by atomic mass is 19.1. The van der Waals surface area contributed by atoms with Crippen molar-refractivity contribution < 1.29 is 9.50 Å². The zero-order valence-electron chi connectivity index (χ0n) is 9.90. The van der Waals surface area contributed by atoms with Crippen LogP contribution in [0, 0.1) is 5.82 Å². The molecule has 0 bridgehead atoms. The van der Waals surface area contributed by atoms with Crippen molar-refractivity contribution in [3.63, 3.8) is 0 Å². The minimum atomic E-state index is -0.234. The van der Waals surface area contributed by atoms with Gasteiger partial charge in [-0.3, -0.25) is 4.90 Å². The third-order valence-electron chi connectivity index (χ3n) is 3.35. The molecule has 17 heavy (non-hydrogen) atoms. The number of aliphatic hydroxyl groups is 1. The highest BCUT2D eigenvalue weighted by Crippen LogP contribution is 2.20. The Labute approximate surface area is 101 Å². The van der Waals surface area contributed by atoms with Crippen molar-refractivity contribution in [3.05, 3.63) is 35.1 Å². The largest absolute Gasteiger partial charge is 0.395 e. The third-order valence-corrected chi connectivity index (χ3v) is 3.35. The lowest BCUT2D eigenvalue weighted by molar-refractivity contribution is 0.153. The van der Waals surface area contributed by atoms with E-state index in [0.717, 1.165) is 30.5 Å². The average Bonchev–Trinajstić information content (AvgIpc) is 2.75. The summed E-state index contributed by atoms with van der Waals surface area (Å²) in [4.78, 5) is 2.20. The quantitative estimate of drug-likeness (QED) is 0.829. The highest BCUT2D eigenvalue weighted by molar-refractivity contribution is 5.24. The second-order valence-corrected chi connectivity index (χ2v) is 4.62. The molecule has 1 atom stereocenters. The number of halogens is 1. The fraction of sp³-hybridized carbons (Fsp3) is 0.538. The SMILES string of the molecule is NCc1cc(F)cc(CN2CCCC2CO)c1. The summed E-state index contributed by atoms with van der Waals surface area (Å²) < 4.78 is 13.3. The van der Waals surface area contributed by atoms with E-state index < -0.39 is 0 Å². The standard InChI is InChI=1S/C13H19FN2O/c14-12-5-10(7-15)4-11(6-12)8-16-3-1-2-13(16)9-17/h4-6,13,17H,1-3,7-9,15H2. The minimum absolute atomic E-state index is 0.180. The molecule has 1 heterocycles. The van der Waals surface area contributed by atoms with E-state index in [1.807, 2.05) is 6.07 Å². The number of nitrogens with zero attached hydrogens (tertiary/aromatic N) is 1. The molecule has 2 rings (SSSR count). The molecule has 1 aliphatic heterocycles. The molecular formula is C13H19FN2O. The van der Waals surface area contributed by atoms with Crippen LogP contribution in [0.2, 0.25) is 0 Å². The Morgan fingerprint density at radius 3 is 2.82 bits per heavy atom. The molecule has 1 aromatic carbocycles. The van der Waals surface area contributed by atoms with Gasteiger partial charge in [-0.1, -0.05) is 6.07 Å². The molecule has 1 unspecified atom stereocenters. The number of rotatable bonds is 4. The van der Waals surface area contributed by atoms with Gasteiger partial charge >= 0.3 is 0 Å². The highest BCUT2D eigenvalue weighted by Gasteiger charge is 2.23. The topological polar surface area (TPSA) is 49.5 Å². The maximum atomic E-state index is 13.3. The molecule has 1 aromatic rings. The fourth-order valence-corrected chi connectivity index (χ4v) is 2.47. The van der Waals surface area contributed by atoms with E-state index in [9.17, 15) is 9.50 Å². The van der Waals surface area contributed by atoms with Crippen molar-refractivity contribution in [1.82, 2.24) is 4.90 Å². The summed E-state index contributed by atoms with van der Waals surface area (Å²) in [7, 11) is 0. The molecule has 0 saturated carbocycles. The lowest BCUT2D eigenvalue weighted by Crippen LogP contribution is -2.31. The number of likely N-dealkylation sites (tertiary alicyclic amines) is 1. The van der Waals surface area contributed by atoms with Crippen LogP contribution in [0.1, 0.15) is 24.0 Å². The minimum Gasteiger partial charge on any atom is -0.395 e. The van der Waals surface area contributed by atoms with E-state index >= 15 is 0 Å². The zero-order chi connectivity index (χ0) is 12.3. The molecule has 94 valence electrons. The molecule has 3 N–H and O–H groups in total. The van der Waals surface area contributed by atoms with Crippen molar-refractivity contribution in [2.75, 3.05) is 13.2 Å². The molecule has 0 spiro atoms. The average molecular weight is 238 g/mol. The number of nitrogens with two attached hydrogens (primary N) is 1. The van der Waals surface area contributed by atoms with Crippen LogP contribution in [0.3, 0.4) is 0 Å². The molecule has 3 nitrogen and oxygen atoms in total. The molecule has 0 aromatic heterocycles. The predicted molar refractivity (Wildman–Crippen MR) is 64.8 cm³/mol. The third kappa shape index (κ3) is 3.03. The van der Waals surface area contributed by atoms with Gasteiger partial charge in [0, 0.05) is 19.1 Å². The molecule has 0 amide bonds. The summed E-state index contributed by atoms with van der Waals surface area (Å²) in [5, 5.41) is 9.23. The Hall–Kier alpha value is -0.970. The van der Waals surface area contributed by atoms with E-state index in [1.165, 1.54) is 6.07 Å². The summed E-state index contributed by atoms with van der Waals surface area (Å²) in [5.74, 6) is -0.234. The Morgan fingerprint density at radius 2 is 2.12 bits per heavy atom. The monoisotopic (exact) mass is 238 g/mol. The smallest absolute Gasteiger partial charge is 0.123 e. The molecule has 1 aliphatic rings. The first-order valence-electron chi connectivity index (χ1n) is 6.06. The number of aliphatic hydroxyl groups excluding tert-OH is 1. The Morgan fingerprint density at radius 1 is 1.35 bits per heavy atom. The van der Waals surface area contributed by atoms with Crippen LogP contribution >= 0.6 is 0 Å². The van der Waals surface area contributed by atoms with Gasteiger partial charge in [0.15, 0.2) is 0 Å². The summed E-state index contributed by atoms with van der Waals surface area (Å²) in [6.45, 7) is 2.20. The van der Waals surface area contributed by atoms with Gasteiger partial charge in [-0.05, 0) is 42.6 Å². The molecule has 1 saturated heterocycles. The number of hydrogen-bond acceptors (Lipinski definition) is 3. The van der Waals surface area contributed by atoms with Crippen LogP contribution < -0.4 is 5.73 Å². The van der Waals surface area contributed by atoms with Gasteiger partial charge in [-0.2, -0.15) is 0 Å². The van der Waals surface area contributed by atoms with Crippen LogP contribution in [-0.4, -0.2) is 29.2 Å². The van der Waals surface area contributed by atoms with E-state index in [4.69, 9.17) is 5.73 Å². The summed E-state index contributed by atoms with van der Waals surface area (Å²) in [5.41, 5.74) is 7.28. The van der Waals surface area contributed by atoms with Crippen LogP contribution in [0.15, 0.2) is 18.2 Å². The Balaban J connectivity index is 2.09. The molecule has 1 fully saturated rings. The Bertz CT molecular complexity index is 384. The van der Waals surface area contributed by atoms with Crippen molar-refractivity contribution in [2.24, 2.45) is 5.73 Å². The van der Waals surface area contributed by atoms with E-state index in [-0.39, 0.29) is 18.5 Å². The maximum absolute atomic E-state index is 13.3. The summed E-state index contributed by atoms with van der Waals surface area (Å²) in [6.07, 6.45) is 2.12. The lowest BCUT2D eigenvalue weighted by Gasteiger charge is -2.22. The van der Waals surface area contributed by atoms with Gasteiger partial charge in [-0.15, -0.1) is 0 Å². The van der Waals surface area contributed by atoms with Crippen molar-refractivity contribution in [3.8, 4) is 0 Å². The molecule has 4 heteroatoms. The van der Waals surface area contributed by atoms with Crippen molar-refractivity contribution in [2.45, 2.75) is 32.0 Å². The van der Waals surface area contributed by atoms with Crippen molar-refractivity contribution in [1.29, 1.82) is 0 Å². The van der Waals surface area contributed by atoms with E-state index in [1.54, 1.807) is 6.07 Å².